The van der Waals surface area contributed by atoms with Crippen LogP contribution in [0.2, 0.25) is 5.02 Å². The second kappa shape index (κ2) is 6.44. The molecular weight excluding hydrogens is 373 g/mol. The molecular formula is C15H15ClFN3O4S. The van der Waals surface area contributed by atoms with Crippen LogP contribution in [-0.4, -0.2) is 38.1 Å². The lowest BCUT2D eigenvalue weighted by atomic mass is 10.3. The van der Waals surface area contributed by atoms with Crippen molar-refractivity contribution in [3.8, 4) is 6.07 Å². The van der Waals surface area contributed by atoms with E-state index in [0.717, 1.165) is 18.2 Å². The summed E-state index contributed by atoms with van der Waals surface area (Å²) in [7, 11) is -3.81. The van der Waals surface area contributed by atoms with E-state index >= 15 is 0 Å². The van der Waals surface area contributed by atoms with Gasteiger partial charge in [0.1, 0.15) is 11.4 Å². The first-order chi connectivity index (χ1) is 11.8. The first kappa shape index (κ1) is 17.9. The van der Waals surface area contributed by atoms with E-state index in [1.165, 1.54) is 0 Å². The predicted molar refractivity (Wildman–Crippen MR) is 86.0 cm³/mol. The van der Waals surface area contributed by atoms with Gasteiger partial charge in [-0.15, -0.1) is 0 Å². The van der Waals surface area contributed by atoms with Gasteiger partial charge < -0.3 is 10.1 Å². The number of alkyl carbamates (subject to hydrolysis) is 1. The maximum absolute atomic E-state index is 13.1. The molecule has 2 N–H and O–H groups in total. The highest BCUT2D eigenvalue weighted by atomic mass is 35.5. The van der Waals surface area contributed by atoms with Crippen LogP contribution in [0, 0.1) is 17.1 Å². The van der Waals surface area contributed by atoms with Gasteiger partial charge in [-0.3, -0.25) is 5.32 Å². The van der Waals surface area contributed by atoms with Crippen LogP contribution < -0.4 is 10.6 Å². The number of nitrogens with one attached hydrogen (secondary N) is 2. The number of ether oxygens (including phenoxy) is 1. The Bertz CT molecular complexity index is 851. The summed E-state index contributed by atoms with van der Waals surface area (Å²) in [5, 5.41) is 13.2. The number of carbonyl (C=O) groups is 1. The molecule has 1 heterocycles. The van der Waals surface area contributed by atoms with E-state index in [0.29, 0.717) is 12.8 Å². The average Bonchev–Trinajstić information content (AvgIpc) is 3.14. The quantitative estimate of drug-likeness (QED) is 0.761. The number of nitriles is 1. The first-order valence-electron chi connectivity index (χ1n) is 7.58. The fourth-order valence-electron chi connectivity index (χ4n) is 2.62. The highest BCUT2D eigenvalue weighted by Gasteiger charge is 2.46. The van der Waals surface area contributed by atoms with Crippen molar-refractivity contribution >= 4 is 27.5 Å². The summed E-state index contributed by atoms with van der Waals surface area (Å²) in [6, 6.07) is 5.09. The summed E-state index contributed by atoms with van der Waals surface area (Å²) in [6.07, 6.45) is -0.404. The number of nitrogens with zero attached hydrogens (tertiary/aromatic N) is 1. The molecule has 2 aliphatic rings. The van der Waals surface area contributed by atoms with Gasteiger partial charge in [-0.05, 0) is 31.0 Å². The summed E-state index contributed by atoms with van der Waals surface area (Å²) in [6.45, 7) is 0.0668. The van der Waals surface area contributed by atoms with Crippen LogP contribution in [-0.2, 0) is 14.6 Å². The second-order valence-electron chi connectivity index (χ2n) is 6.10. The molecule has 3 rings (SSSR count). The van der Waals surface area contributed by atoms with Crippen molar-refractivity contribution in [2.24, 2.45) is 0 Å². The average molecular weight is 388 g/mol. The minimum Gasteiger partial charge on any atom is -0.430 e. The molecule has 1 aromatic carbocycles. The maximum Gasteiger partial charge on any atom is 0.409 e. The third-order valence-electron chi connectivity index (χ3n) is 4.24. The first-order valence-corrected chi connectivity index (χ1v) is 9.51. The molecule has 1 aliphatic carbocycles. The number of carbonyl (C=O) groups excluding carboxylic acids is 1. The molecule has 1 aromatic rings. The Morgan fingerprint density at radius 2 is 2.20 bits per heavy atom. The third-order valence-corrected chi connectivity index (χ3v) is 6.87. The largest absolute Gasteiger partial charge is 0.430 e. The van der Waals surface area contributed by atoms with Gasteiger partial charge in [0.25, 0.3) is 0 Å². The SMILES string of the molecule is N#CC1(NC(=O)O[C@H]2C[C@@H](S(=O)(=O)c3ccc(F)cc3Cl)CN2)CC1. The Labute approximate surface area is 149 Å². The molecule has 0 unspecified atom stereocenters. The standard InChI is InChI=1S/C15H15ClFN3O4S/c16-11-5-9(17)1-2-12(11)25(22,23)10-6-13(19-7-10)24-14(21)20-15(8-18)3-4-15/h1-2,5,10,13,19H,3-4,6-7H2,(H,20,21)/t10-,13+/m1/s1. The predicted octanol–water partition coefficient (Wildman–Crippen LogP) is 1.72. The van der Waals surface area contributed by atoms with Crippen LogP contribution in [0.4, 0.5) is 9.18 Å². The van der Waals surface area contributed by atoms with E-state index in [1.807, 2.05) is 6.07 Å². The number of amides is 1. The molecule has 1 amide bonds. The van der Waals surface area contributed by atoms with Crippen molar-refractivity contribution in [3.63, 3.8) is 0 Å². The summed E-state index contributed by atoms with van der Waals surface area (Å²) >= 11 is 5.84. The van der Waals surface area contributed by atoms with Gasteiger partial charge in [-0.1, -0.05) is 11.6 Å². The fraction of sp³-hybridized carbons (Fsp3) is 0.467. The van der Waals surface area contributed by atoms with Gasteiger partial charge >= 0.3 is 6.09 Å². The molecule has 134 valence electrons. The molecule has 0 bridgehead atoms. The summed E-state index contributed by atoms with van der Waals surface area (Å²) < 4.78 is 43.5. The van der Waals surface area contributed by atoms with Crippen molar-refractivity contribution < 1.29 is 22.3 Å². The molecule has 7 nitrogen and oxygen atoms in total. The zero-order valence-electron chi connectivity index (χ0n) is 13.0. The Morgan fingerprint density at radius 1 is 1.48 bits per heavy atom. The maximum atomic E-state index is 13.1. The molecule has 2 fully saturated rings. The summed E-state index contributed by atoms with van der Waals surface area (Å²) in [5.41, 5.74) is -0.858. The lowest BCUT2D eigenvalue weighted by molar-refractivity contribution is 0.0876. The second-order valence-corrected chi connectivity index (χ2v) is 8.70. The Morgan fingerprint density at radius 3 is 2.80 bits per heavy atom. The number of rotatable bonds is 4. The third kappa shape index (κ3) is 3.71. The molecule has 25 heavy (non-hydrogen) atoms. The Kier molecular flexibility index (Phi) is 4.62. The molecule has 1 saturated carbocycles. The van der Waals surface area contributed by atoms with Crippen LogP contribution in [0.5, 0.6) is 0 Å². The summed E-state index contributed by atoms with van der Waals surface area (Å²) in [5.74, 6) is -0.627. The van der Waals surface area contributed by atoms with E-state index in [2.05, 4.69) is 10.6 Å². The van der Waals surface area contributed by atoms with E-state index in [9.17, 15) is 17.6 Å². The van der Waals surface area contributed by atoms with E-state index in [-0.39, 0.29) is 22.9 Å². The van der Waals surface area contributed by atoms with Crippen molar-refractivity contribution in [1.82, 2.24) is 10.6 Å². The van der Waals surface area contributed by atoms with Gasteiger partial charge in [0.15, 0.2) is 16.1 Å². The lowest BCUT2D eigenvalue weighted by Crippen LogP contribution is -2.40. The van der Waals surface area contributed by atoms with E-state index in [1.54, 1.807) is 0 Å². The Balaban J connectivity index is 1.64. The van der Waals surface area contributed by atoms with Crippen molar-refractivity contribution in [3.05, 3.63) is 29.0 Å². The van der Waals surface area contributed by atoms with Gasteiger partial charge in [-0.2, -0.15) is 5.26 Å². The van der Waals surface area contributed by atoms with Crippen LogP contribution >= 0.6 is 11.6 Å². The number of halogens is 2. The van der Waals surface area contributed by atoms with Gasteiger partial charge in [0.05, 0.1) is 21.2 Å². The fourth-order valence-corrected chi connectivity index (χ4v) is 4.80. The normalized spacial score (nSPS) is 24.4. The number of benzene rings is 1. The Hall–Kier alpha value is -1.89. The van der Waals surface area contributed by atoms with Gasteiger partial charge in [0, 0.05) is 13.0 Å². The number of hydrogen-bond acceptors (Lipinski definition) is 6. The van der Waals surface area contributed by atoms with Crippen LogP contribution in [0.25, 0.3) is 0 Å². The summed E-state index contributed by atoms with van der Waals surface area (Å²) in [4.78, 5) is 11.6. The topological polar surface area (TPSA) is 108 Å². The van der Waals surface area contributed by atoms with Crippen molar-refractivity contribution in [2.45, 2.75) is 41.2 Å². The molecule has 0 spiro atoms. The van der Waals surface area contributed by atoms with Crippen molar-refractivity contribution in [2.75, 3.05) is 6.54 Å². The van der Waals surface area contributed by atoms with Gasteiger partial charge in [-0.25, -0.2) is 17.6 Å². The van der Waals surface area contributed by atoms with E-state index < -0.39 is 38.8 Å². The number of sulfone groups is 1. The van der Waals surface area contributed by atoms with Crippen LogP contribution in [0.1, 0.15) is 19.3 Å². The molecule has 0 aromatic heterocycles. The lowest BCUT2D eigenvalue weighted by Gasteiger charge is -2.15. The van der Waals surface area contributed by atoms with Crippen molar-refractivity contribution in [1.29, 1.82) is 5.26 Å². The minimum absolute atomic E-state index is 0.0308. The molecule has 0 radical (unpaired) electrons. The molecule has 2 atom stereocenters. The van der Waals surface area contributed by atoms with Gasteiger partial charge in [0.2, 0.25) is 0 Å². The smallest absolute Gasteiger partial charge is 0.409 e. The molecule has 1 saturated heterocycles. The minimum atomic E-state index is -3.81. The monoisotopic (exact) mass is 387 g/mol. The zero-order valence-corrected chi connectivity index (χ0v) is 14.5. The van der Waals surface area contributed by atoms with Crippen LogP contribution in [0.15, 0.2) is 23.1 Å². The highest BCUT2D eigenvalue weighted by molar-refractivity contribution is 7.92. The van der Waals surface area contributed by atoms with E-state index in [4.69, 9.17) is 21.6 Å². The van der Waals surface area contributed by atoms with Crippen LogP contribution in [0.3, 0.4) is 0 Å². The molecule has 1 aliphatic heterocycles. The zero-order chi connectivity index (χ0) is 18.2. The highest BCUT2D eigenvalue weighted by Crippen LogP contribution is 2.34. The molecule has 10 heteroatoms. The number of hydrogen-bond donors (Lipinski definition) is 2.